The van der Waals surface area contributed by atoms with E-state index in [4.69, 9.17) is 4.52 Å². The van der Waals surface area contributed by atoms with Crippen molar-refractivity contribution in [3.63, 3.8) is 0 Å². The van der Waals surface area contributed by atoms with Crippen molar-refractivity contribution in [3.8, 4) is 0 Å². The minimum Gasteiger partial charge on any atom is -0.360 e. The molecule has 0 radical (unpaired) electrons. The molecular weight excluding hydrogens is 258 g/mol. The molecule has 1 aliphatic heterocycles. The van der Waals surface area contributed by atoms with E-state index in [1.54, 1.807) is 11.3 Å². The first kappa shape index (κ1) is 12.8. The highest BCUT2D eigenvalue weighted by molar-refractivity contribution is 7.09. The molecule has 3 rings (SSSR count). The Balaban J connectivity index is 1.71. The maximum Gasteiger partial charge on any atom is 0.151 e. The first-order chi connectivity index (χ1) is 9.24. The summed E-state index contributed by atoms with van der Waals surface area (Å²) < 4.78 is 5.44. The van der Waals surface area contributed by atoms with Crippen LogP contribution in [0.3, 0.4) is 0 Å². The Morgan fingerprint density at radius 2 is 2.42 bits per heavy atom. The van der Waals surface area contributed by atoms with Gasteiger partial charge >= 0.3 is 0 Å². The van der Waals surface area contributed by atoms with Crippen LogP contribution in [-0.2, 0) is 6.54 Å². The molecule has 19 heavy (non-hydrogen) atoms. The summed E-state index contributed by atoms with van der Waals surface area (Å²) in [7, 11) is 0. The fourth-order valence-electron chi connectivity index (χ4n) is 2.57. The van der Waals surface area contributed by atoms with Gasteiger partial charge in [0.1, 0.15) is 5.01 Å². The van der Waals surface area contributed by atoms with Crippen LogP contribution in [0.4, 0.5) is 0 Å². The summed E-state index contributed by atoms with van der Waals surface area (Å²) in [6, 6.07) is 2.54. The quantitative estimate of drug-likeness (QED) is 0.856. The zero-order chi connectivity index (χ0) is 13.2. The zero-order valence-corrected chi connectivity index (χ0v) is 12.2. The lowest BCUT2D eigenvalue weighted by Gasteiger charge is -2.20. The lowest BCUT2D eigenvalue weighted by Crippen LogP contribution is -2.22. The van der Waals surface area contributed by atoms with Crippen molar-refractivity contribution in [3.05, 3.63) is 34.1 Å². The van der Waals surface area contributed by atoms with Crippen molar-refractivity contribution < 1.29 is 4.52 Å². The molecule has 0 unspecified atom stereocenters. The summed E-state index contributed by atoms with van der Waals surface area (Å²) in [6.07, 6.45) is 4.32. The molecule has 0 amide bonds. The van der Waals surface area contributed by atoms with Crippen molar-refractivity contribution >= 4 is 11.3 Å². The maximum atomic E-state index is 5.44. The molecule has 0 aromatic carbocycles. The molecule has 0 bridgehead atoms. The minimum atomic E-state index is 0.422. The van der Waals surface area contributed by atoms with Crippen LogP contribution < -0.4 is 0 Å². The Morgan fingerprint density at radius 3 is 3.11 bits per heavy atom. The minimum absolute atomic E-state index is 0.422. The van der Waals surface area contributed by atoms with Gasteiger partial charge in [0.05, 0.1) is 18.3 Å². The largest absolute Gasteiger partial charge is 0.360 e. The molecular formula is C14H19N3OS. The van der Waals surface area contributed by atoms with Crippen molar-refractivity contribution in [2.75, 3.05) is 6.54 Å². The van der Waals surface area contributed by atoms with Crippen LogP contribution in [0.25, 0.3) is 0 Å². The monoisotopic (exact) mass is 277 g/mol. The Hall–Kier alpha value is -1.20. The van der Waals surface area contributed by atoms with Crippen LogP contribution in [0.1, 0.15) is 55.1 Å². The van der Waals surface area contributed by atoms with E-state index in [0.717, 1.165) is 24.5 Å². The molecule has 4 nitrogen and oxygen atoms in total. The van der Waals surface area contributed by atoms with E-state index in [2.05, 4.69) is 40.3 Å². The van der Waals surface area contributed by atoms with E-state index >= 15 is 0 Å². The van der Waals surface area contributed by atoms with Gasteiger partial charge < -0.3 is 4.52 Å². The van der Waals surface area contributed by atoms with Gasteiger partial charge in [0.2, 0.25) is 0 Å². The van der Waals surface area contributed by atoms with Gasteiger partial charge in [-0.1, -0.05) is 19.0 Å². The molecule has 0 spiro atoms. The summed E-state index contributed by atoms with van der Waals surface area (Å²) in [6.45, 7) is 6.22. The van der Waals surface area contributed by atoms with Gasteiger partial charge in [0.25, 0.3) is 0 Å². The second-order valence-electron chi connectivity index (χ2n) is 5.37. The predicted octanol–water partition coefficient (Wildman–Crippen LogP) is 3.59. The third kappa shape index (κ3) is 2.72. The number of rotatable bonds is 4. The number of likely N-dealkylation sites (tertiary alicyclic amines) is 1. The highest BCUT2D eigenvalue weighted by Crippen LogP contribution is 2.34. The number of thiazole rings is 1. The van der Waals surface area contributed by atoms with Crippen molar-refractivity contribution in [2.45, 2.75) is 45.2 Å². The first-order valence-corrected chi connectivity index (χ1v) is 7.71. The second kappa shape index (κ2) is 5.43. The van der Waals surface area contributed by atoms with Crippen molar-refractivity contribution in [1.29, 1.82) is 0 Å². The average molecular weight is 277 g/mol. The molecule has 0 saturated carbocycles. The molecule has 1 saturated heterocycles. The Labute approximate surface area is 117 Å². The van der Waals surface area contributed by atoms with Gasteiger partial charge in [0, 0.05) is 17.6 Å². The van der Waals surface area contributed by atoms with Gasteiger partial charge in [0.15, 0.2) is 5.76 Å². The van der Waals surface area contributed by atoms with E-state index in [1.165, 1.54) is 17.8 Å². The summed E-state index contributed by atoms with van der Waals surface area (Å²) in [5, 5.41) is 7.41. The van der Waals surface area contributed by atoms with E-state index in [0.29, 0.717) is 12.0 Å². The lowest BCUT2D eigenvalue weighted by molar-refractivity contribution is 0.216. The molecule has 2 aromatic rings. The Morgan fingerprint density at radius 1 is 1.53 bits per heavy atom. The Bertz CT molecular complexity index is 521. The van der Waals surface area contributed by atoms with Crippen LogP contribution in [0.5, 0.6) is 0 Å². The van der Waals surface area contributed by atoms with Crippen LogP contribution in [0.2, 0.25) is 0 Å². The van der Waals surface area contributed by atoms with E-state index in [-0.39, 0.29) is 0 Å². The predicted molar refractivity (Wildman–Crippen MR) is 75.1 cm³/mol. The molecule has 3 heterocycles. The van der Waals surface area contributed by atoms with Gasteiger partial charge in [-0.15, -0.1) is 11.3 Å². The van der Waals surface area contributed by atoms with Crippen LogP contribution in [-0.4, -0.2) is 21.6 Å². The maximum absolute atomic E-state index is 5.44. The SMILES string of the molecule is CC(C)c1cc(CN2CCC[C@H]2c2nccs2)on1. The highest BCUT2D eigenvalue weighted by atomic mass is 32.1. The first-order valence-electron chi connectivity index (χ1n) is 6.83. The molecule has 102 valence electrons. The molecule has 1 aliphatic rings. The molecule has 0 N–H and O–H groups in total. The number of hydrogen-bond donors (Lipinski definition) is 0. The number of nitrogens with zero attached hydrogens (tertiary/aromatic N) is 3. The van der Waals surface area contributed by atoms with Crippen molar-refractivity contribution in [1.82, 2.24) is 15.0 Å². The van der Waals surface area contributed by atoms with Crippen molar-refractivity contribution in [2.24, 2.45) is 0 Å². The number of aromatic nitrogens is 2. The summed E-state index contributed by atoms with van der Waals surface area (Å²) in [5.41, 5.74) is 1.04. The van der Waals surface area contributed by atoms with E-state index in [1.807, 2.05) is 6.20 Å². The standard InChI is InChI=1S/C14H19N3OS/c1-10(2)12-8-11(18-16-12)9-17-6-3-4-13(17)14-15-5-7-19-14/h5,7-8,10,13H,3-4,6,9H2,1-2H3/t13-/m0/s1. The third-order valence-electron chi connectivity index (χ3n) is 3.63. The fourth-order valence-corrected chi connectivity index (χ4v) is 3.38. The summed E-state index contributed by atoms with van der Waals surface area (Å²) in [4.78, 5) is 6.90. The Kier molecular flexibility index (Phi) is 3.66. The molecule has 1 atom stereocenters. The average Bonchev–Trinajstić information content (AvgIpc) is 3.09. The molecule has 2 aromatic heterocycles. The van der Waals surface area contributed by atoms with Gasteiger partial charge in [-0.2, -0.15) is 0 Å². The van der Waals surface area contributed by atoms with Gasteiger partial charge in [-0.3, -0.25) is 4.90 Å². The smallest absolute Gasteiger partial charge is 0.151 e. The van der Waals surface area contributed by atoms with Gasteiger partial charge in [-0.05, 0) is 25.3 Å². The van der Waals surface area contributed by atoms with E-state index < -0.39 is 0 Å². The second-order valence-corrected chi connectivity index (χ2v) is 6.30. The van der Waals surface area contributed by atoms with E-state index in [9.17, 15) is 0 Å². The topological polar surface area (TPSA) is 42.2 Å². The third-order valence-corrected chi connectivity index (χ3v) is 4.50. The van der Waals surface area contributed by atoms with Crippen LogP contribution >= 0.6 is 11.3 Å². The van der Waals surface area contributed by atoms with Crippen LogP contribution in [0.15, 0.2) is 22.2 Å². The lowest BCUT2D eigenvalue weighted by atomic mass is 10.1. The van der Waals surface area contributed by atoms with Crippen LogP contribution in [0, 0.1) is 0 Å². The number of hydrogen-bond acceptors (Lipinski definition) is 5. The summed E-state index contributed by atoms with van der Waals surface area (Å²) >= 11 is 1.75. The molecule has 1 fully saturated rings. The molecule has 0 aliphatic carbocycles. The zero-order valence-electron chi connectivity index (χ0n) is 11.4. The normalized spacial score (nSPS) is 20.5. The fraction of sp³-hybridized carbons (Fsp3) is 0.571. The van der Waals surface area contributed by atoms with Gasteiger partial charge in [-0.25, -0.2) is 4.98 Å². The molecule has 5 heteroatoms. The summed E-state index contributed by atoms with van der Waals surface area (Å²) in [5.74, 6) is 1.39. The highest BCUT2D eigenvalue weighted by Gasteiger charge is 2.28.